The number of hydrogen-bond donors (Lipinski definition) is 1. The predicted molar refractivity (Wildman–Crippen MR) is 89.2 cm³/mol. The van der Waals surface area contributed by atoms with Crippen LogP contribution in [0, 0.1) is 5.92 Å². The van der Waals surface area contributed by atoms with Gasteiger partial charge in [0.2, 0.25) is 5.91 Å². The first-order valence-electron chi connectivity index (χ1n) is 8.66. The Bertz CT molecular complexity index is 445. The van der Waals surface area contributed by atoms with E-state index in [0.29, 0.717) is 38.6 Å². The maximum atomic E-state index is 12.6. The second kappa shape index (κ2) is 7.07. The molecule has 0 aliphatic carbocycles. The van der Waals surface area contributed by atoms with Gasteiger partial charge >= 0.3 is 6.03 Å². The van der Waals surface area contributed by atoms with Crippen LogP contribution in [0.5, 0.6) is 0 Å². The average molecular weight is 325 g/mol. The number of ether oxygens (including phenoxy) is 1. The fraction of sp³-hybridized carbons (Fsp3) is 0.882. The minimum Gasteiger partial charge on any atom is -0.377 e. The molecule has 0 aromatic heterocycles. The lowest BCUT2D eigenvalue weighted by Crippen LogP contribution is -2.56. The van der Waals surface area contributed by atoms with Crippen LogP contribution in [0.2, 0.25) is 0 Å². The summed E-state index contributed by atoms with van der Waals surface area (Å²) in [6, 6.07) is -0.434. The van der Waals surface area contributed by atoms with Crippen LogP contribution in [-0.4, -0.2) is 65.7 Å². The normalized spacial score (nSPS) is 26.1. The molecule has 0 saturated carbocycles. The lowest BCUT2D eigenvalue weighted by molar-refractivity contribution is -0.133. The lowest BCUT2D eigenvalue weighted by atomic mass is 10.0. The molecule has 0 spiro atoms. The molecule has 0 aromatic rings. The Morgan fingerprint density at radius 2 is 2.04 bits per heavy atom. The van der Waals surface area contributed by atoms with Gasteiger partial charge < -0.3 is 19.9 Å². The second-order valence-corrected chi connectivity index (χ2v) is 8.00. The van der Waals surface area contributed by atoms with Gasteiger partial charge in [0.15, 0.2) is 0 Å². The van der Waals surface area contributed by atoms with E-state index in [1.165, 1.54) is 0 Å². The third-order valence-electron chi connectivity index (χ3n) is 4.54. The van der Waals surface area contributed by atoms with Gasteiger partial charge in [-0.05, 0) is 39.5 Å². The molecule has 0 bridgehead atoms. The van der Waals surface area contributed by atoms with Gasteiger partial charge in [0.05, 0.1) is 19.3 Å². The van der Waals surface area contributed by atoms with Crippen molar-refractivity contribution in [2.45, 2.75) is 65.1 Å². The zero-order valence-electron chi connectivity index (χ0n) is 15.1. The second-order valence-electron chi connectivity index (χ2n) is 8.00. The highest BCUT2D eigenvalue weighted by molar-refractivity contribution is 5.89. The molecule has 2 fully saturated rings. The van der Waals surface area contributed by atoms with E-state index in [0.717, 1.165) is 6.42 Å². The summed E-state index contributed by atoms with van der Waals surface area (Å²) in [5.41, 5.74) is -0.199. The van der Waals surface area contributed by atoms with Crippen LogP contribution in [0.15, 0.2) is 0 Å². The topological polar surface area (TPSA) is 61.9 Å². The SMILES string of the molecule is CC(C)CC1COCCN1C(=O)NC1CCN(C(C)(C)C)C1=O. The number of likely N-dealkylation sites (tertiary alicyclic amines) is 1. The number of carbonyl (C=O) groups is 2. The van der Waals surface area contributed by atoms with Crippen molar-refractivity contribution in [3.63, 3.8) is 0 Å². The highest BCUT2D eigenvalue weighted by atomic mass is 16.5. The molecule has 2 aliphatic rings. The van der Waals surface area contributed by atoms with Crippen LogP contribution in [0.4, 0.5) is 4.79 Å². The predicted octanol–water partition coefficient (Wildman–Crippen LogP) is 1.84. The van der Waals surface area contributed by atoms with E-state index >= 15 is 0 Å². The van der Waals surface area contributed by atoms with Crippen molar-refractivity contribution in [1.29, 1.82) is 0 Å². The summed E-state index contributed by atoms with van der Waals surface area (Å²) in [6.07, 6.45) is 1.60. The van der Waals surface area contributed by atoms with Crippen molar-refractivity contribution in [2.24, 2.45) is 5.92 Å². The van der Waals surface area contributed by atoms with Crippen molar-refractivity contribution in [1.82, 2.24) is 15.1 Å². The molecule has 2 heterocycles. The van der Waals surface area contributed by atoms with E-state index in [1.807, 2.05) is 30.6 Å². The highest BCUT2D eigenvalue weighted by Crippen LogP contribution is 2.22. The molecule has 2 rings (SSSR count). The van der Waals surface area contributed by atoms with Gasteiger partial charge in [0, 0.05) is 18.6 Å². The summed E-state index contributed by atoms with van der Waals surface area (Å²) < 4.78 is 5.52. The first kappa shape index (κ1) is 18.0. The quantitative estimate of drug-likeness (QED) is 0.861. The third kappa shape index (κ3) is 4.37. The van der Waals surface area contributed by atoms with Gasteiger partial charge in [-0.1, -0.05) is 13.8 Å². The molecule has 0 aromatic carbocycles. The van der Waals surface area contributed by atoms with Crippen LogP contribution >= 0.6 is 0 Å². The first-order valence-corrected chi connectivity index (χ1v) is 8.66. The molecule has 23 heavy (non-hydrogen) atoms. The molecular weight excluding hydrogens is 294 g/mol. The fourth-order valence-corrected chi connectivity index (χ4v) is 3.37. The molecular formula is C17H31N3O3. The minimum absolute atomic E-state index is 0.0273. The van der Waals surface area contributed by atoms with E-state index in [-0.39, 0.29) is 23.5 Å². The Morgan fingerprint density at radius 1 is 1.35 bits per heavy atom. The zero-order valence-corrected chi connectivity index (χ0v) is 15.1. The van der Waals surface area contributed by atoms with Crippen LogP contribution < -0.4 is 5.32 Å². The van der Waals surface area contributed by atoms with Crippen molar-refractivity contribution in [3.8, 4) is 0 Å². The Hall–Kier alpha value is -1.30. The third-order valence-corrected chi connectivity index (χ3v) is 4.54. The van der Waals surface area contributed by atoms with Crippen molar-refractivity contribution >= 4 is 11.9 Å². The number of rotatable bonds is 3. The summed E-state index contributed by atoms with van der Waals surface area (Å²) in [6.45, 7) is 12.8. The maximum Gasteiger partial charge on any atom is 0.318 e. The molecule has 6 heteroatoms. The van der Waals surface area contributed by atoms with Crippen molar-refractivity contribution in [2.75, 3.05) is 26.3 Å². The van der Waals surface area contributed by atoms with E-state index in [1.54, 1.807) is 0 Å². The van der Waals surface area contributed by atoms with Gasteiger partial charge in [-0.2, -0.15) is 0 Å². The standard InChI is InChI=1S/C17H31N3O3/c1-12(2)10-13-11-23-9-8-19(13)16(22)18-14-6-7-20(15(14)21)17(3,4)5/h12-14H,6-11H2,1-5H3,(H,18,22). The number of carbonyl (C=O) groups excluding carboxylic acids is 2. The van der Waals surface area contributed by atoms with E-state index in [2.05, 4.69) is 19.2 Å². The Morgan fingerprint density at radius 3 is 2.61 bits per heavy atom. The number of nitrogens with zero attached hydrogens (tertiary/aromatic N) is 2. The smallest absolute Gasteiger partial charge is 0.318 e. The molecule has 2 saturated heterocycles. The molecule has 2 aliphatic heterocycles. The van der Waals surface area contributed by atoms with E-state index in [4.69, 9.17) is 4.74 Å². The Labute approximate surface area is 139 Å². The van der Waals surface area contributed by atoms with Crippen LogP contribution in [0.25, 0.3) is 0 Å². The van der Waals surface area contributed by atoms with Gasteiger partial charge in [0.25, 0.3) is 0 Å². The molecule has 132 valence electrons. The monoisotopic (exact) mass is 325 g/mol. The Kier molecular flexibility index (Phi) is 5.55. The van der Waals surface area contributed by atoms with Gasteiger partial charge in [-0.25, -0.2) is 4.79 Å². The van der Waals surface area contributed by atoms with Gasteiger partial charge in [0.1, 0.15) is 6.04 Å². The van der Waals surface area contributed by atoms with Crippen LogP contribution in [0.3, 0.4) is 0 Å². The molecule has 0 radical (unpaired) electrons. The molecule has 6 nitrogen and oxygen atoms in total. The lowest BCUT2D eigenvalue weighted by Gasteiger charge is -2.37. The largest absolute Gasteiger partial charge is 0.377 e. The molecule has 2 atom stereocenters. The number of amides is 3. The van der Waals surface area contributed by atoms with E-state index in [9.17, 15) is 9.59 Å². The van der Waals surface area contributed by atoms with Crippen LogP contribution in [0.1, 0.15) is 47.5 Å². The summed E-state index contributed by atoms with van der Waals surface area (Å²) in [7, 11) is 0. The summed E-state index contributed by atoms with van der Waals surface area (Å²) in [4.78, 5) is 28.8. The summed E-state index contributed by atoms with van der Waals surface area (Å²) in [5.74, 6) is 0.529. The molecule has 2 unspecified atom stereocenters. The molecule has 3 amide bonds. The number of nitrogens with one attached hydrogen (secondary N) is 1. The fourth-order valence-electron chi connectivity index (χ4n) is 3.37. The number of urea groups is 1. The zero-order chi connectivity index (χ0) is 17.2. The van der Waals surface area contributed by atoms with Crippen LogP contribution in [-0.2, 0) is 9.53 Å². The maximum absolute atomic E-state index is 12.6. The van der Waals surface area contributed by atoms with Crippen molar-refractivity contribution in [3.05, 3.63) is 0 Å². The minimum atomic E-state index is -0.399. The van der Waals surface area contributed by atoms with Gasteiger partial charge in [-0.15, -0.1) is 0 Å². The van der Waals surface area contributed by atoms with Crippen molar-refractivity contribution < 1.29 is 14.3 Å². The average Bonchev–Trinajstić information content (AvgIpc) is 2.80. The number of hydrogen-bond acceptors (Lipinski definition) is 3. The first-order chi connectivity index (χ1) is 10.7. The number of morpholine rings is 1. The van der Waals surface area contributed by atoms with Gasteiger partial charge in [-0.3, -0.25) is 4.79 Å². The summed E-state index contributed by atoms with van der Waals surface area (Å²) >= 11 is 0. The molecule has 1 N–H and O–H groups in total. The van der Waals surface area contributed by atoms with E-state index < -0.39 is 6.04 Å². The Balaban J connectivity index is 1.97. The highest BCUT2D eigenvalue weighted by Gasteiger charge is 2.39. The summed E-state index contributed by atoms with van der Waals surface area (Å²) in [5, 5.41) is 2.94.